The Morgan fingerprint density at radius 2 is 1.69 bits per heavy atom. The van der Waals surface area contributed by atoms with E-state index in [9.17, 15) is 9.59 Å². The molecule has 1 aliphatic heterocycles. The van der Waals surface area contributed by atoms with E-state index in [4.69, 9.17) is 0 Å². The molecule has 1 aromatic carbocycles. The first-order chi connectivity index (χ1) is 12.6. The second-order valence-electron chi connectivity index (χ2n) is 6.62. The van der Waals surface area contributed by atoms with Crippen LogP contribution in [-0.4, -0.2) is 53.8 Å². The Kier molecular flexibility index (Phi) is 6.06. The van der Waals surface area contributed by atoms with Gasteiger partial charge < -0.3 is 10.2 Å². The normalized spacial score (nSPS) is 17.5. The van der Waals surface area contributed by atoms with Crippen molar-refractivity contribution in [3.63, 3.8) is 0 Å². The number of hydrogen-bond acceptors (Lipinski definition) is 4. The number of benzene rings is 1. The molecule has 0 aliphatic carbocycles. The summed E-state index contributed by atoms with van der Waals surface area (Å²) in [6.07, 6.45) is 0. The Morgan fingerprint density at radius 3 is 2.31 bits per heavy atom. The van der Waals surface area contributed by atoms with Gasteiger partial charge in [0.25, 0.3) is 5.91 Å². The van der Waals surface area contributed by atoms with Gasteiger partial charge in [0.2, 0.25) is 5.91 Å². The Balaban J connectivity index is 1.50. The molecule has 0 saturated carbocycles. The SMILES string of the molecule is CC(NC(=O)C(C)N1CCN(C(=O)c2cccs2)CC1)c1ccccc1. The van der Waals surface area contributed by atoms with Crippen LogP contribution in [0, 0.1) is 0 Å². The van der Waals surface area contributed by atoms with E-state index in [1.807, 2.05) is 66.6 Å². The van der Waals surface area contributed by atoms with Gasteiger partial charge in [-0.2, -0.15) is 0 Å². The third-order valence-electron chi connectivity index (χ3n) is 4.92. The van der Waals surface area contributed by atoms with Crippen molar-refractivity contribution < 1.29 is 9.59 Å². The molecular weight excluding hydrogens is 346 g/mol. The minimum Gasteiger partial charge on any atom is -0.348 e. The molecule has 1 aromatic heterocycles. The maximum absolute atomic E-state index is 12.6. The van der Waals surface area contributed by atoms with Crippen molar-refractivity contribution in [1.29, 1.82) is 0 Å². The molecule has 2 unspecified atom stereocenters. The molecule has 26 heavy (non-hydrogen) atoms. The van der Waals surface area contributed by atoms with Crippen molar-refractivity contribution in [3.05, 3.63) is 58.3 Å². The summed E-state index contributed by atoms with van der Waals surface area (Å²) >= 11 is 1.47. The summed E-state index contributed by atoms with van der Waals surface area (Å²) in [6, 6.07) is 13.5. The molecule has 2 heterocycles. The molecule has 2 atom stereocenters. The van der Waals surface area contributed by atoms with Gasteiger partial charge in [-0.25, -0.2) is 0 Å². The van der Waals surface area contributed by atoms with Crippen LogP contribution in [0.3, 0.4) is 0 Å². The average Bonchev–Trinajstić information content (AvgIpc) is 3.22. The van der Waals surface area contributed by atoms with E-state index in [1.54, 1.807) is 0 Å². The molecule has 1 saturated heterocycles. The van der Waals surface area contributed by atoms with Crippen LogP contribution in [0.15, 0.2) is 47.8 Å². The second kappa shape index (κ2) is 8.47. The molecule has 1 aliphatic rings. The molecule has 1 fully saturated rings. The van der Waals surface area contributed by atoms with Gasteiger partial charge in [0, 0.05) is 26.2 Å². The highest BCUT2D eigenvalue weighted by Gasteiger charge is 2.28. The quantitative estimate of drug-likeness (QED) is 0.879. The van der Waals surface area contributed by atoms with E-state index in [0.717, 1.165) is 10.4 Å². The van der Waals surface area contributed by atoms with Crippen LogP contribution >= 0.6 is 11.3 Å². The first-order valence-electron chi connectivity index (χ1n) is 8.98. The van der Waals surface area contributed by atoms with E-state index in [0.29, 0.717) is 26.2 Å². The fraction of sp³-hybridized carbons (Fsp3) is 0.400. The van der Waals surface area contributed by atoms with Gasteiger partial charge in [-0.05, 0) is 30.9 Å². The fourth-order valence-electron chi connectivity index (χ4n) is 3.19. The predicted molar refractivity (Wildman–Crippen MR) is 104 cm³/mol. The highest BCUT2D eigenvalue weighted by molar-refractivity contribution is 7.12. The second-order valence-corrected chi connectivity index (χ2v) is 7.57. The van der Waals surface area contributed by atoms with Crippen LogP contribution in [0.4, 0.5) is 0 Å². The molecule has 2 amide bonds. The van der Waals surface area contributed by atoms with Crippen LogP contribution in [0.25, 0.3) is 0 Å². The van der Waals surface area contributed by atoms with Crippen molar-refractivity contribution in [2.45, 2.75) is 25.9 Å². The van der Waals surface area contributed by atoms with E-state index in [1.165, 1.54) is 11.3 Å². The van der Waals surface area contributed by atoms with E-state index in [2.05, 4.69) is 10.2 Å². The lowest BCUT2D eigenvalue weighted by molar-refractivity contribution is -0.127. The summed E-state index contributed by atoms with van der Waals surface area (Å²) in [5.41, 5.74) is 1.10. The molecule has 3 rings (SSSR count). The average molecular weight is 372 g/mol. The summed E-state index contributed by atoms with van der Waals surface area (Å²) in [5, 5.41) is 5.01. The summed E-state index contributed by atoms with van der Waals surface area (Å²) in [5.74, 6) is 0.119. The highest BCUT2D eigenvalue weighted by atomic mass is 32.1. The van der Waals surface area contributed by atoms with E-state index < -0.39 is 0 Å². The number of piperazine rings is 1. The van der Waals surface area contributed by atoms with Gasteiger partial charge in [-0.15, -0.1) is 11.3 Å². The molecule has 5 nitrogen and oxygen atoms in total. The van der Waals surface area contributed by atoms with Gasteiger partial charge >= 0.3 is 0 Å². The fourth-order valence-corrected chi connectivity index (χ4v) is 3.88. The van der Waals surface area contributed by atoms with Crippen molar-refractivity contribution in [2.75, 3.05) is 26.2 Å². The maximum Gasteiger partial charge on any atom is 0.264 e. The van der Waals surface area contributed by atoms with Crippen molar-refractivity contribution in [3.8, 4) is 0 Å². The Hall–Kier alpha value is -2.18. The van der Waals surface area contributed by atoms with E-state index in [-0.39, 0.29) is 23.9 Å². The zero-order valence-electron chi connectivity index (χ0n) is 15.2. The number of carbonyl (C=O) groups is 2. The number of hydrogen-bond donors (Lipinski definition) is 1. The summed E-state index contributed by atoms with van der Waals surface area (Å²) in [4.78, 5) is 29.8. The smallest absolute Gasteiger partial charge is 0.264 e. The monoisotopic (exact) mass is 371 g/mol. The molecule has 0 spiro atoms. The largest absolute Gasteiger partial charge is 0.348 e. The minimum atomic E-state index is -0.208. The summed E-state index contributed by atoms with van der Waals surface area (Å²) in [7, 11) is 0. The summed E-state index contributed by atoms with van der Waals surface area (Å²) in [6.45, 7) is 6.67. The van der Waals surface area contributed by atoms with Crippen LogP contribution in [0.1, 0.15) is 35.1 Å². The number of amides is 2. The molecule has 6 heteroatoms. The first-order valence-corrected chi connectivity index (χ1v) is 9.86. The van der Waals surface area contributed by atoms with Gasteiger partial charge in [-0.3, -0.25) is 14.5 Å². The van der Waals surface area contributed by atoms with Crippen LogP contribution in [0.2, 0.25) is 0 Å². The number of rotatable bonds is 5. The number of nitrogens with zero attached hydrogens (tertiary/aromatic N) is 2. The molecule has 0 radical (unpaired) electrons. The van der Waals surface area contributed by atoms with Crippen molar-refractivity contribution in [2.24, 2.45) is 0 Å². The van der Waals surface area contributed by atoms with Crippen LogP contribution in [-0.2, 0) is 4.79 Å². The number of carbonyl (C=O) groups excluding carboxylic acids is 2. The molecule has 1 N–H and O–H groups in total. The lowest BCUT2D eigenvalue weighted by atomic mass is 10.1. The Morgan fingerprint density at radius 1 is 1.00 bits per heavy atom. The molecule has 2 aromatic rings. The molecule has 0 bridgehead atoms. The Labute approximate surface area is 158 Å². The zero-order chi connectivity index (χ0) is 18.5. The van der Waals surface area contributed by atoms with E-state index >= 15 is 0 Å². The highest BCUT2D eigenvalue weighted by Crippen LogP contribution is 2.16. The van der Waals surface area contributed by atoms with Gasteiger partial charge in [0.1, 0.15) is 0 Å². The maximum atomic E-state index is 12.6. The third kappa shape index (κ3) is 4.31. The lowest BCUT2D eigenvalue weighted by Gasteiger charge is -2.37. The predicted octanol–water partition coefficient (Wildman–Crippen LogP) is 2.77. The van der Waals surface area contributed by atoms with Crippen LogP contribution in [0.5, 0.6) is 0 Å². The lowest BCUT2D eigenvalue weighted by Crippen LogP contribution is -2.55. The van der Waals surface area contributed by atoms with Crippen molar-refractivity contribution >= 4 is 23.2 Å². The summed E-state index contributed by atoms with van der Waals surface area (Å²) < 4.78 is 0. The third-order valence-corrected chi connectivity index (χ3v) is 5.78. The molecule has 138 valence electrons. The Bertz CT molecular complexity index is 725. The zero-order valence-corrected chi connectivity index (χ0v) is 16.0. The van der Waals surface area contributed by atoms with Gasteiger partial charge in [0.15, 0.2) is 0 Å². The van der Waals surface area contributed by atoms with Gasteiger partial charge in [-0.1, -0.05) is 36.4 Å². The van der Waals surface area contributed by atoms with Crippen LogP contribution < -0.4 is 5.32 Å². The topological polar surface area (TPSA) is 52.7 Å². The number of nitrogens with one attached hydrogen (secondary N) is 1. The number of thiophene rings is 1. The van der Waals surface area contributed by atoms with Crippen molar-refractivity contribution in [1.82, 2.24) is 15.1 Å². The minimum absolute atomic E-state index is 0.0205. The standard InChI is InChI=1S/C20H25N3O2S/c1-15(17-7-4-3-5-8-17)21-19(24)16(2)22-10-12-23(13-11-22)20(25)18-9-6-14-26-18/h3-9,14-16H,10-13H2,1-2H3,(H,21,24). The first kappa shape index (κ1) is 18.6. The molecular formula is C20H25N3O2S. The van der Waals surface area contributed by atoms with Gasteiger partial charge in [0.05, 0.1) is 17.0 Å².